The summed E-state index contributed by atoms with van der Waals surface area (Å²) in [6.07, 6.45) is -1.72. The van der Waals surface area contributed by atoms with E-state index in [1.54, 1.807) is 6.33 Å². The van der Waals surface area contributed by atoms with Crippen molar-refractivity contribution in [3.05, 3.63) is 36.0 Å². The van der Waals surface area contributed by atoms with Crippen LogP contribution in [-0.2, 0) is 6.18 Å². The average Bonchev–Trinajstić information content (AvgIpc) is 3.13. The van der Waals surface area contributed by atoms with Crippen LogP contribution in [0, 0.1) is 18.8 Å². The lowest BCUT2D eigenvalue weighted by atomic mass is 10.0. The van der Waals surface area contributed by atoms with Gasteiger partial charge < -0.3 is 9.80 Å². The number of alkyl halides is 3. The summed E-state index contributed by atoms with van der Waals surface area (Å²) in [6.45, 7) is 4.90. The van der Waals surface area contributed by atoms with Gasteiger partial charge in [0.1, 0.15) is 17.8 Å². The Labute approximate surface area is 142 Å². The number of hydrogen-bond donors (Lipinski definition) is 0. The molecule has 0 radical (unpaired) electrons. The van der Waals surface area contributed by atoms with Gasteiger partial charge in [-0.2, -0.15) is 13.2 Å². The van der Waals surface area contributed by atoms with E-state index in [-0.39, 0.29) is 5.95 Å². The SMILES string of the molecule is Cc1cc(N2CC3CN(c4nccc(C(F)(F)F)n4)CC3C2)ncn1. The summed E-state index contributed by atoms with van der Waals surface area (Å²) < 4.78 is 38.5. The van der Waals surface area contributed by atoms with Crippen molar-refractivity contribution in [2.75, 3.05) is 36.0 Å². The highest BCUT2D eigenvalue weighted by Crippen LogP contribution is 2.35. The van der Waals surface area contributed by atoms with Crippen molar-refractivity contribution in [2.24, 2.45) is 11.8 Å². The highest BCUT2D eigenvalue weighted by atomic mass is 19.4. The molecule has 9 heteroatoms. The van der Waals surface area contributed by atoms with Gasteiger partial charge in [0.2, 0.25) is 5.95 Å². The molecule has 2 unspecified atom stereocenters. The molecule has 0 N–H and O–H groups in total. The van der Waals surface area contributed by atoms with Gasteiger partial charge in [-0.1, -0.05) is 0 Å². The molecule has 2 aliphatic rings. The highest BCUT2D eigenvalue weighted by Gasteiger charge is 2.42. The maximum absolute atomic E-state index is 12.8. The van der Waals surface area contributed by atoms with E-state index >= 15 is 0 Å². The van der Waals surface area contributed by atoms with Gasteiger partial charge in [0.15, 0.2) is 0 Å². The number of halogens is 3. The maximum Gasteiger partial charge on any atom is 0.433 e. The number of aryl methyl sites for hydroxylation is 1. The second kappa shape index (κ2) is 5.82. The van der Waals surface area contributed by atoms with Crippen LogP contribution < -0.4 is 9.80 Å². The Morgan fingerprint density at radius 2 is 1.68 bits per heavy atom. The third-order valence-corrected chi connectivity index (χ3v) is 4.82. The van der Waals surface area contributed by atoms with E-state index in [4.69, 9.17) is 0 Å². The molecular formula is C16H17F3N6. The molecule has 2 aliphatic heterocycles. The van der Waals surface area contributed by atoms with E-state index in [0.717, 1.165) is 30.7 Å². The Hall–Kier alpha value is -2.45. The minimum Gasteiger partial charge on any atom is -0.356 e. The summed E-state index contributed by atoms with van der Waals surface area (Å²) in [5.74, 6) is 1.80. The lowest BCUT2D eigenvalue weighted by Gasteiger charge is -2.22. The van der Waals surface area contributed by atoms with Crippen LogP contribution in [0.1, 0.15) is 11.4 Å². The van der Waals surface area contributed by atoms with E-state index in [9.17, 15) is 13.2 Å². The average molecular weight is 350 g/mol. The molecule has 0 saturated carbocycles. The standard InChI is InChI=1S/C16H17F3N6/c1-10-4-14(22-9-21-10)24-5-11-7-25(8-12(11)6-24)15-20-3-2-13(23-15)16(17,18)19/h2-4,9,11-12H,5-8H2,1H3. The van der Waals surface area contributed by atoms with Gasteiger partial charge in [-0.05, 0) is 13.0 Å². The van der Waals surface area contributed by atoms with Crippen LogP contribution in [0.4, 0.5) is 24.9 Å². The zero-order valence-corrected chi connectivity index (χ0v) is 13.6. The lowest BCUT2D eigenvalue weighted by Crippen LogP contribution is -2.30. The highest BCUT2D eigenvalue weighted by molar-refractivity contribution is 5.43. The third kappa shape index (κ3) is 3.10. The second-order valence-electron chi connectivity index (χ2n) is 6.59. The number of hydrogen-bond acceptors (Lipinski definition) is 6. The summed E-state index contributed by atoms with van der Waals surface area (Å²) >= 11 is 0. The van der Waals surface area contributed by atoms with Crippen molar-refractivity contribution in [1.82, 2.24) is 19.9 Å². The third-order valence-electron chi connectivity index (χ3n) is 4.82. The number of nitrogens with zero attached hydrogens (tertiary/aromatic N) is 6. The molecule has 2 aromatic heterocycles. The van der Waals surface area contributed by atoms with Crippen molar-refractivity contribution in [1.29, 1.82) is 0 Å². The van der Waals surface area contributed by atoms with E-state index in [0.29, 0.717) is 24.9 Å². The molecule has 25 heavy (non-hydrogen) atoms. The molecule has 0 amide bonds. The first-order valence-corrected chi connectivity index (χ1v) is 8.09. The van der Waals surface area contributed by atoms with Gasteiger partial charge >= 0.3 is 6.18 Å². The van der Waals surface area contributed by atoms with Crippen LogP contribution in [0.15, 0.2) is 24.7 Å². The van der Waals surface area contributed by atoms with Gasteiger partial charge in [0.25, 0.3) is 0 Å². The molecule has 2 fully saturated rings. The summed E-state index contributed by atoms with van der Waals surface area (Å²) in [5.41, 5.74) is 0.0219. The second-order valence-corrected chi connectivity index (χ2v) is 6.59. The van der Waals surface area contributed by atoms with Gasteiger partial charge in [-0.25, -0.2) is 19.9 Å². The Balaban J connectivity index is 1.46. The predicted molar refractivity (Wildman–Crippen MR) is 85.2 cm³/mol. The minimum atomic E-state index is -4.45. The van der Waals surface area contributed by atoms with Gasteiger partial charge in [-0.15, -0.1) is 0 Å². The Bertz CT molecular complexity index is 766. The zero-order chi connectivity index (χ0) is 17.6. The monoisotopic (exact) mass is 350 g/mol. The van der Waals surface area contributed by atoms with E-state index in [2.05, 4.69) is 24.8 Å². The molecule has 2 atom stereocenters. The van der Waals surface area contributed by atoms with Crippen molar-refractivity contribution >= 4 is 11.8 Å². The molecule has 132 valence electrons. The van der Waals surface area contributed by atoms with Crippen LogP contribution >= 0.6 is 0 Å². The zero-order valence-electron chi connectivity index (χ0n) is 13.6. The van der Waals surface area contributed by atoms with Crippen molar-refractivity contribution in [2.45, 2.75) is 13.1 Å². The molecule has 4 heterocycles. The first-order chi connectivity index (χ1) is 11.9. The van der Waals surface area contributed by atoms with Crippen LogP contribution in [0.2, 0.25) is 0 Å². The molecule has 2 aromatic rings. The topological polar surface area (TPSA) is 58.0 Å². The first kappa shape index (κ1) is 16.0. The summed E-state index contributed by atoms with van der Waals surface area (Å²) in [6, 6.07) is 2.86. The molecule has 0 spiro atoms. The maximum atomic E-state index is 12.8. The summed E-state index contributed by atoms with van der Waals surface area (Å²) in [4.78, 5) is 20.2. The molecule has 2 saturated heterocycles. The normalized spacial score (nSPS) is 23.2. The van der Waals surface area contributed by atoms with Crippen LogP contribution in [-0.4, -0.2) is 46.1 Å². The van der Waals surface area contributed by atoms with E-state index in [1.165, 1.54) is 6.20 Å². The predicted octanol–water partition coefficient (Wildman–Crippen LogP) is 2.17. The number of aromatic nitrogens is 4. The number of rotatable bonds is 2. The molecule has 6 nitrogen and oxygen atoms in total. The lowest BCUT2D eigenvalue weighted by molar-refractivity contribution is -0.141. The molecule has 4 rings (SSSR count). The van der Waals surface area contributed by atoms with E-state index in [1.807, 2.05) is 17.9 Å². The summed E-state index contributed by atoms with van der Waals surface area (Å²) in [5, 5.41) is 0. The Kier molecular flexibility index (Phi) is 3.73. The fourth-order valence-electron chi connectivity index (χ4n) is 3.62. The van der Waals surface area contributed by atoms with Crippen molar-refractivity contribution in [3.63, 3.8) is 0 Å². The van der Waals surface area contributed by atoms with E-state index < -0.39 is 11.9 Å². The Morgan fingerprint density at radius 1 is 1.00 bits per heavy atom. The molecule has 0 aliphatic carbocycles. The quantitative estimate of drug-likeness (QED) is 0.827. The van der Waals surface area contributed by atoms with Crippen LogP contribution in [0.3, 0.4) is 0 Å². The van der Waals surface area contributed by atoms with Crippen LogP contribution in [0.25, 0.3) is 0 Å². The fourth-order valence-corrected chi connectivity index (χ4v) is 3.62. The van der Waals surface area contributed by atoms with Gasteiger partial charge in [-0.3, -0.25) is 0 Å². The largest absolute Gasteiger partial charge is 0.433 e. The van der Waals surface area contributed by atoms with Crippen molar-refractivity contribution in [3.8, 4) is 0 Å². The van der Waals surface area contributed by atoms with Gasteiger partial charge in [0, 0.05) is 56.0 Å². The summed E-state index contributed by atoms with van der Waals surface area (Å²) in [7, 11) is 0. The smallest absolute Gasteiger partial charge is 0.356 e. The first-order valence-electron chi connectivity index (χ1n) is 8.09. The molecular weight excluding hydrogens is 333 g/mol. The molecule has 0 aromatic carbocycles. The minimum absolute atomic E-state index is 0.161. The number of fused-ring (bicyclic) bond motifs is 1. The fraction of sp³-hybridized carbons (Fsp3) is 0.500. The number of anilines is 2. The van der Waals surface area contributed by atoms with Crippen LogP contribution in [0.5, 0.6) is 0 Å². The van der Waals surface area contributed by atoms with Crippen molar-refractivity contribution < 1.29 is 13.2 Å². The Morgan fingerprint density at radius 3 is 2.32 bits per heavy atom. The van der Waals surface area contributed by atoms with Gasteiger partial charge in [0.05, 0.1) is 0 Å². The molecule has 0 bridgehead atoms.